The van der Waals surface area contributed by atoms with Crippen molar-refractivity contribution in [2.45, 2.75) is 6.92 Å². The van der Waals surface area contributed by atoms with Crippen molar-refractivity contribution in [3.05, 3.63) is 133 Å². The number of aliphatic imine (C=N–C) groups is 1. The van der Waals surface area contributed by atoms with Gasteiger partial charge in [0.05, 0.1) is 22.1 Å². The molecule has 3 nitrogen and oxygen atoms in total. The topological polar surface area (TPSA) is 22.2 Å². The summed E-state index contributed by atoms with van der Waals surface area (Å²) in [7, 11) is 0. The number of rotatable bonds is 4. The maximum Gasteiger partial charge on any atom is 0.130 e. The van der Waals surface area contributed by atoms with Crippen molar-refractivity contribution >= 4 is 55.1 Å². The first-order valence-electron chi connectivity index (χ1n) is 12.5. The van der Waals surface area contributed by atoms with E-state index in [1.165, 1.54) is 32.6 Å². The van der Waals surface area contributed by atoms with Gasteiger partial charge in [0.2, 0.25) is 0 Å². The zero-order valence-electron chi connectivity index (χ0n) is 20.6. The van der Waals surface area contributed by atoms with Gasteiger partial charge in [0.25, 0.3) is 0 Å². The Bertz CT molecular complexity index is 1990. The highest BCUT2D eigenvalue weighted by Gasteiger charge is 2.18. The Hall–Kier alpha value is -4.89. The van der Waals surface area contributed by atoms with E-state index in [0.717, 1.165) is 28.0 Å². The summed E-state index contributed by atoms with van der Waals surface area (Å²) >= 11 is 0. The maximum absolute atomic E-state index is 4.97. The van der Waals surface area contributed by atoms with Gasteiger partial charge in [0, 0.05) is 32.9 Å². The number of aromatic nitrogens is 2. The van der Waals surface area contributed by atoms with E-state index in [9.17, 15) is 0 Å². The van der Waals surface area contributed by atoms with Crippen LogP contribution < -0.4 is 0 Å². The highest BCUT2D eigenvalue weighted by molar-refractivity contribution is 6.19. The molecule has 7 rings (SSSR count). The molecule has 0 atom stereocenters. The smallest absolute Gasteiger partial charge is 0.130 e. The molecule has 2 aromatic heterocycles. The minimum absolute atomic E-state index is 0.707. The Labute approximate surface area is 215 Å². The van der Waals surface area contributed by atoms with Crippen LogP contribution in [0.2, 0.25) is 0 Å². The molecule has 3 heteroatoms. The molecule has 0 amide bonds. The fourth-order valence-corrected chi connectivity index (χ4v) is 5.55. The van der Waals surface area contributed by atoms with Gasteiger partial charge in [-0.25, -0.2) is 4.99 Å². The van der Waals surface area contributed by atoms with E-state index < -0.39 is 0 Å². The van der Waals surface area contributed by atoms with Gasteiger partial charge in [-0.1, -0.05) is 91.5 Å². The number of fused-ring (bicyclic) bond motifs is 6. The lowest BCUT2D eigenvalue weighted by Crippen LogP contribution is -1.99. The van der Waals surface area contributed by atoms with Crippen LogP contribution in [-0.2, 0) is 0 Å². The van der Waals surface area contributed by atoms with Crippen molar-refractivity contribution in [3.8, 4) is 5.69 Å². The average Bonchev–Trinajstić information content (AvgIpc) is 3.45. The SMILES string of the molecule is C=C(/N=C(\C)c1ccccc1)n1c2ccccc2c2cc3c(cc21)c1ccccc1n3-c1ccccc1. The largest absolute Gasteiger partial charge is 0.309 e. The van der Waals surface area contributed by atoms with Crippen LogP contribution in [0.1, 0.15) is 12.5 Å². The van der Waals surface area contributed by atoms with Crippen molar-refractivity contribution in [1.29, 1.82) is 0 Å². The number of benzene rings is 5. The second kappa shape index (κ2) is 8.35. The molecular formula is C34H25N3. The van der Waals surface area contributed by atoms with Crippen LogP contribution in [-0.4, -0.2) is 14.8 Å². The molecule has 0 N–H and O–H groups in total. The Morgan fingerprint density at radius 3 is 1.84 bits per heavy atom. The lowest BCUT2D eigenvalue weighted by Gasteiger charge is -2.09. The van der Waals surface area contributed by atoms with Gasteiger partial charge in [-0.2, -0.15) is 0 Å². The Morgan fingerprint density at radius 1 is 0.568 bits per heavy atom. The minimum atomic E-state index is 0.707. The standard InChI is InChI=1S/C34H25N3/c1-23(25-13-5-3-6-14-25)35-24(2)36-31-19-11-9-17-27(31)29-22-34-30(21-33(29)36)28-18-10-12-20-32(28)37(34)26-15-7-4-8-16-26/h3-22H,2H2,1H3/b35-23+. The van der Waals surface area contributed by atoms with E-state index in [-0.39, 0.29) is 0 Å². The van der Waals surface area contributed by atoms with E-state index in [2.05, 4.69) is 119 Å². The summed E-state index contributed by atoms with van der Waals surface area (Å²) in [6.45, 7) is 6.47. The summed E-state index contributed by atoms with van der Waals surface area (Å²) in [5, 5.41) is 4.83. The number of para-hydroxylation sites is 3. The lowest BCUT2D eigenvalue weighted by atomic mass is 10.1. The normalized spacial score (nSPS) is 12.2. The summed E-state index contributed by atoms with van der Waals surface area (Å²) in [5.74, 6) is 0.707. The van der Waals surface area contributed by atoms with Gasteiger partial charge in [-0.15, -0.1) is 0 Å². The quantitative estimate of drug-likeness (QED) is 0.227. The fraction of sp³-hybridized carbons (Fsp3) is 0.0294. The lowest BCUT2D eigenvalue weighted by molar-refractivity contribution is 1.17. The molecule has 5 aromatic carbocycles. The summed E-state index contributed by atoms with van der Waals surface area (Å²) in [4.78, 5) is 4.97. The molecule has 0 saturated heterocycles. The number of hydrogen-bond donors (Lipinski definition) is 0. The van der Waals surface area contributed by atoms with Crippen LogP contribution >= 0.6 is 0 Å². The molecular weight excluding hydrogens is 450 g/mol. The first-order valence-corrected chi connectivity index (χ1v) is 12.5. The maximum atomic E-state index is 4.97. The molecule has 0 unspecified atom stereocenters. The van der Waals surface area contributed by atoms with Gasteiger partial charge >= 0.3 is 0 Å². The molecule has 7 aromatic rings. The van der Waals surface area contributed by atoms with Gasteiger partial charge in [-0.05, 0) is 48.9 Å². The molecule has 0 radical (unpaired) electrons. The summed E-state index contributed by atoms with van der Waals surface area (Å²) in [6.07, 6.45) is 0. The van der Waals surface area contributed by atoms with Crippen molar-refractivity contribution in [2.24, 2.45) is 4.99 Å². The summed E-state index contributed by atoms with van der Waals surface area (Å²) in [5.41, 5.74) is 7.80. The van der Waals surface area contributed by atoms with E-state index in [1.54, 1.807) is 0 Å². The molecule has 0 aliphatic rings. The monoisotopic (exact) mass is 475 g/mol. The molecule has 37 heavy (non-hydrogen) atoms. The molecule has 0 spiro atoms. The molecule has 176 valence electrons. The van der Waals surface area contributed by atoms with Gasteiger partial charge in [0.15, 0.2) is 0 Å². The molecule has 0 bridgehead atoms. The van der Waals surface area contributed by atoms with Crippen molar-refractivity contribution in [3.63, 3.8) is 0 Å². The van der Waals surface area contributed by atoms with Crippen molar-refractivity contribution in [1.82, 2.24) is 9.13 Å². The third kappa shape index (κ3) is 3.32. The van der Waals surface area contributed by atoms with Crippen LogP contribution in [0.25, 0.3) is 55.1 Å². The van der Waals surface area contributed by atoms with E-state index in [1.807, 2.05) is 25.1 Å². The van der Waals surface area contributed by atoms with Crippen LogP contribution in [0, 0.1) is 0 Å². The van der Waals surface area contributed by atoms with E-state index >= 15 is 0 Å². The van der Waals surface area contributed by atoms with E-state index in [4.69, 9.17) is 4.99 Å². The number of hydrogen-bond acceptors (Lipinski definition) is 1. The molecule has 2 heterocycles. The van der Waals surface area contributed by atoms with Gasteiger partial charge < -0.3 is 4.57 Å². The third-order valence-electron chi connectivity index (χ3n) is 7.23. The number of nitrogens with zero attached hydrogens (tertiary/aromatic N) is 3. The summed E-state index contributed by atoms with van der Waals surface area (Å²) < 4.78 is 4.56. The summed E-state index contributed by atoms with van der Waals surface area (Å²) in [6, 6.07) is 42.7. The van der Waals surface area contributed by atoms with Gasteiger partial charge in [-0.3, -0.25) is 4.57 Å². The predicted octanol–water partition coefficient (Wildman–Crippen LogP) is 8.83. The first-order chi connectivity index (χ1) is 18.2. The third-order valence-corrected chi connectivity index (χ3v) is 7.23. The molecule has 0 aliphatic carbocycles. The first kappa shape index (κ1) is 21.4. The van der Waals surface area contributed by atoms with Crippen LogP contribution in [0.4, 0.5) is 0 Å². The zero-order chi connectivity index (χ0) is 24.9. The minimum Gasteiger partial charge on any atom is -0.309 e. The second-order valence-electron chi connectivity index (χ2n) is 9.41. The van der Waals surface area contributed by atoms with Crippen molar-refractivity contribution < 1.29 is 0 Å². The second-order valence-corrected chi connectivity index (χ2v) is 9.41. The Morgan fingerprint density at radius 2 is 1.11 bits per heavy atom. The molecule has 0 fully saturated rings. The van der Waals surface area contributed by atoms with Crippen molar-refractivity contribution in [2.75, 3.05) is 0 Å². The van der Waals surface area contributed by atoms with Crippen LogP contribution in [0.15, 0.2) is 133 Å². The van der Waals surface area contributed by atoms with Gasteiger partial charge in [0.1, 0.15) is 5.82 Å². The fourth-order valence-electron chi connectivity index (χ4n) is 5.55. The Kier molecular flexibility index (Phi) is 4.83. The highest BCUT2D eigenvalue weighted by Crippen LogP contribution is 2.39. The average molecular weight is 476 g/mol. The molecule has 0 saturated carbocycles. The predicted molar refractivity (Wildman–Crippen MR) is 158 cm³/mol. The van der Waals surface area contributed by atoms with Crippen LogP contribution in [0.5, 0.6) is 0 Å². The molecule has 0 aliphatic heterocycles. The Balaban J connectivity index is 1.55. The highest BCUT2D eigenvalue weighted by atomic mass is 15.1. The van der Waals surface area contributed by atoms with E-state index in [0.29, 0.717) is 5.82 Å². The zero-order valence-corrected chi connectivity index (χ0v) is 20.6. The van der Waals surface area contributed by atoms with Crippen LogP contribution in [0.3, 0.4) is 0 Å².